The molecule has 1 fully saturated rings. The summed E-state index contributed by atoms with van der Waals surface area (Å²) in [6, 6.07) is 4.36. The number of carbonyl (C=O) groups is 1. The number of piperidine rings is 1. The maximum absolute atomic E-state index is 12.5. The van der Waals surface area contributed by atoms with Crippen LogP contribution >= 0.6 is 11.3 Å². The maximum atomic E-state index is 12.5. The molecule has 2 aliphatic rings. The zero-order valence-corrected chi connectivity index (χ0v) is 12.2. The number of likely N-dealkylation sites (tertiary alicyclic amines) is 1. The number of carbonyl (C=O) groups excluding carboxylic acids is 1. The van der Waals surface area contributed by atoms with Gasteiger partial charge in [0.1, 0.15) is 0 Å². The lowest BCUT2D eigenvalue weighted by atomic mass is 10.0. The second kappa shape index (κ2) is 5.68. The summed E-state index contributed by atoms with van der Waals surface area (Å²) in [5.41, 5.74) is 2.46. The normalized spacial score (nSPS) is 18.4. The summed E-state index contributed by atoms with van der Waals surface area (Å²) in [4.78, 5) is 17.8. The first-order chi connectivity index (χ1) is 9.78. The maximum Gasteiger partial charge on any atom is 0.320 e. The zero-order valence-electron chi connectivity index (χ0n) is 11.3. The second-order valence-corrected chi connectivity index (χ2v) is 6.24. The standard InChI is InChI=1S/C15H17N3OS/c16-6-1-12-2-7-17(8-3-12)15(19)18-9-4-14-13(11-18)5-10-20-14/h1,5,10H,2-4,7-9,11H2. The van der Waals surface area contributed by atoms with Gasteiger partial charge in [-0.05, 0) is 36.3 Å². The van der Waals surface area contributed by atoms with Crippen molar-refractivity contribution in [3.63, 3.8) is 0 Å². The van der Waals surface area contributed by atoms with Crippen LogP contribution in [0.2, 0.25) is 0 Å². The summed E-state index contributed by atoms with van der Waals surface area (Å²) in [7, 11) is 0. The third-order valence-corrected chi connectivity index (χ3v) is 5.05. The summed E-state index contributed by atoms with van der Waals surface area (Å²) in [6.45, 7) is 3.04. The molecule has 0 saturated carbocycles. The summed E-state index contributed by atoms with van der Waals surface area (Å²) >= 11 is 1.79. The van der Waals surface area contributed by atoms with Gasteiger partial charge in [-0.3, -0.25) is 0 Å². The molecule has 0 spiro atoms. The van der Waals surface area contributed by atoms with Gasteiger partial charge in [-0.25, -0.2) is 4.79 Å². The minimum absolute atomic E-state index is 0.151. The summed E-state index contributed by atoms with van der Waals surface area (Å²) < 4.78 is 0. The van der Waals surface area contributed by atoms with Gasteiger partial charge < -0.3 is 9.80 Å². The Labute approximate surface area is 122 Å². The highest BCUT2D eigenvalue weighted by atomic mass is 32.1. The van der Waals surface area contributed by atoms with E-state index in [4.69, 9.17) is 5.26 Å². The first kappa shape index (κ1) is 13.2. The van der Waals surface area contributed by atoms with Crippen LogP contribution < -0.4 is 0 Å². The van der Waals surface area contributed by atoms with Crippen LogP contribution in [-0.2, 0) is 13.0 Å². The molecule has 0 aromatic carbocycles. The first-order valence-corrected chi connectivity index (χ1v) is 7.82. The molecular formula is C15H17N3OS. The third kappa shape index (κ3) is 2.56. The van der Waals surface area contributed by atoms with Crippen molar-refractivity contribution in [3.05, 3.63) is 33.5 Å². The fourth-order valence-corrected chi connectivity index (χ4v) is 3.72. The lowest BCUT2D eigenvalue weighted by Crippen LogP contribution is -2.47. The quantitative estimate of drug-likeness (QED) is 0.689. The van der Waals surface area contributed by atoms with Crippen molar-refractivity contribution < 1.29 is 4.79 Å². The van der Waals surface area contributed by atoms with Crippen molar-refractivity contribution in [1.29, 1.82) is 5.26 Å². The van der Waals surface area contributed by atoms with Crippen molar-refractivity contribution in [2.45, 2.75) is 25.8 Å². The Morgan fingerprint density at radius 3 is 2.75 bits per heavy atom. The molecule has 3 heterocycles. The van der Waals surface area contributed by atoms with E-state index in [1.54, 1.807) is 17.4 Å². The van der Waals surface area contributed by atoms with Crippen LogP contribution in [0.4, 0.5) is 4.79 Å². The summed E-state index contributed by atoms with van der Waals surface area (Å²) in [6.07, 6.45) is 4.26. The van der Waals surface area contributed by atoms with Gasteiger partial charge in [0, 0.05) is 37.1 Å². The fourth-order valence-electron chi connectivity index (χ4n) is 2.83. The molecular weight excluding hydrogens is 270 g/mol. The van der Waals surface area contributed by atoms with Gasteiger partial charge in [0.15, 0.2) is 0 Å². The number of nitrogens with zero attached hydrogens (tertiary/aromatic N) is 3. The van der Waals surface area contributed by atoms with Gasteiger partial charge in [-0.2, -0.15) is 5.26 Å². The highest BCUT2D eigenvalue weighted by molar-refractivity contribution is 7.10. The Hall–Kier alpha value is -1.80. The van der Waals surface area contributed by atoms with E-state index < -0.39 is 0 Å². The Kier molecular flexibility index (Phi) is 3.75. The monoisotopic (exact) mass is 287 g/mol. The minimum atomic E-state index is 0.151. The van der Waals surface area contributed by atoms with E-state index in [2.05, 4.69) is 17.5 Å². The van der Waals surface area contributed by atoms with Gasteiger partial charge in [0.2, 0.25) is 0 Å². The summed E-state index contributed by atoms with van der Waals surface area (Å²) in [5, 5.41) is 10.8. The average molecular weight is 287 g/mol. The van der Waals surface area contributed by atoms with Gasteiger partial charge in [0.05, 0.1) is 6.07 Å². The van der Waals surface area contributed by atoms with E-state index in [0.717, 1.165) is 51.0 Å². The van der Waals surface area contributed by atoms with E-state index >= 15 is 0 Å². The van der Waals surface area contributed by atoms with Crippen molar-refractivity contribution in [1.82, 2.24) is 9.80 Å². The predicted octanol–water partition coefficient (Wildman–Crippen LogP) is 2.77. The first-order valence-electron chi connectivity index (χ1n) is 6.94. The Morgan fingerprint density at radius 1 is 1.25 bits per heavy atom. The number of thiophene rings is 1. The molecule has 5 heteroatoms. The molecule has 1 saturated heterocycles. The molecule has 1 aromatic rings. The van der Waals surface area contributed by atoms with Crippen molar-refractivity contribution in [2.75, 3.05) is 19.6 Å². The molecule has 4 nitrogen and oxygen atoms in total. The average Bonchev–Trinajstić information content (AvgIpc) is 2.95. The second-order valence-electron chi connectivity index (χ2n) is 5.24. The Bertz CT molecular complexity index is 574. The third-order valence-electron chi connectivity index (χ3n) is 4.02. The van der Waals surface area contributed by atoms with Crippen LogP contribution in [0.15, 0.2) is 23.1 Å². The molecule has 2 aliphatic heterocycles. The highest BCUT2D eigenvalue weighted by Gasteiger charge is 2.27. The van der Waals surface area contributed by atoms with Gasteiger partial charge in [-0.1, -0.05) is 5.57 Å². The van der Waals surface area contributed by atoms with Crippen LogP contribution in [0.25, 0.3) is 0 Å². The van der Waals surface area contributed by atoms with Gasteiger partial charge in [-0.15, -0.1) is 11.3 Å². The number of allylic oxidation sites excluding steroid dienone is 1. The van der Waals surface area contributed by atoms with Crippen molar-refractivity contribution in [3.8, 4) is 6.07 Å². The molecule has 0 bridgehead atoms. The van der Waals surface area contributed by atoms with Crippen molar-refractivity contribution in [2.24, 2.45) is 0 Å². The number of rotatable bonds is 0. The van der Waals surface area contributed by atoms with Crippen LogP contribution in [0.5, 0.6) is 0 Å². The van der Waals surface area contributed by atoms with Crippen LogP contribution in [0.1, 0.15) is 23.3 Å². The number of fused-ring (bicyclic) bond motifs is 1. The topological polar surface area (TPSA) is 47.3 Å². The molecule has 104 valence electrons. The van der Waals surface area contributed by atoms with Crippen LogP contribution in [0, 0.1) is 11.3 Å². The van der Waals surface area contributed by atoms with Gasteiger partial charge >= 0.3 is 6.03 Å². The fraction of sp³-hybridized carbons (Fsp3) is 0.467. The van der Waals surface area contributed by atoms with E-state index in [0.29, 0.717) is 0 Å². The molecule has 0 unspecified atom stereocenters. The summed E-state index contributed by atoms with van der Waals surface area (Å²) in [5.74, 6) is 0. The molecule has 3 rings (SSSR count). The number of amides is 2. The van der Waals surface area contributed by atoms with Crippen LogP contribution in [0.3, 0.4) is 0 Å². The van der Waals surface area contributed by atoms with E-state index in [1.165, 1.54) is 10.4 Å². The highest BCUT2D eigenvalue weighted by Crippen LogP contribution is 2.25. The van der Waals surface area contributed by atoms with E-state index in [-0.39, 0.29) is 6.03 Å². The molecule has 1 aromatic heterocycles. The zero-order chi connectivity index (χ0) is 13.9. The minimum Gasteiger partial charge on any atom is -0.324 e. The Balaban J connectivity index is 1.61. The molecule has 20 heavy (non-hydrogen) atoms. The Morgan fingerprint density at radius 2 is 2.00 bits per heavy atom. The largest absolute Gasteiger partial charge is 0.324 e. The molecule has 0 N–H and O–H groups in total. The SMILES string of the molecule is N#CC=C1CCN(C(=O)N2CCc3sccc3C2)CC1. The number of urea groups is 1. The lowest BCUT2D eigenvalue weighted by Gasteiger charge is -2.35. The lowest BCUT2D eigenvalue weighted by molar-refractivity contribution is 0.144. The molecule has 0 atom stereocenters. The number of nitriles is 1. The van der Waals surface area contributed by atoms with Crippen LogP contribution in [-0.4, -0.2) is 35.5 Å². The molecule has 2 amide bonds. The van der Waals surface area contributed by atoms with Crippen molar-refractivity contribution >= 4 is 17.4 Å². The number of hydrogen-bond acceptors (Lipinski definition) is 3. The van der Waals surface area contributed by atoms with Gasteiger partial charge in [0.25, 0.3) is 0 Å². The predicted molar refractivity (Wildman–Crippen MR) is 78.3 cm³/mol. The molecule has 0 radical (unpaired) electrons. The smallest absolute Gasteiger partial charge is 0.320 e. The molecule has 0 aliphatic carbocycles. The van der Waals surface area contributed by atoms with E-state index in [9.17, 15) is 4.79 Å². The van der Waals surface area contributed by atoms with E-state index in [1.807, 2.05) is 9.80 Å². The number of hydrogen-bond donors (Lipinski definition) is 0.